The fourth-order valence-corrected chi connectivity index (χ4v) is 8.03. The van der Waals surface area contributed by atoms with Crippen molar-refractivity contribution in [3.8, 4) is 0 Å². The predicted molar refractivity (Wildman–Crippen MR) is 135 cm³/mol. The van der Waals surface area contributed by atoms with E-state index in [1.54, 1.807) is 0 Å². The van der Waals surface area contributed by atoms with Crippen molar-refractivity contribution in [3.63, 3.8) is 0 Å². The lowest BCUT2D eigenvalue weighted by molar-refractivity contribution is -0.151. The van der Waals surface area contributed by atoms with Crippen LogP contribution >= 0.6 is 0 Å². The van der Waals surface area contributed by atoms with Crippen LogP contribution < -0.4 is 5.32 Å². The van der Waals surface area contributed by atoms with Gasteiger partial charge in [-0.3, -0.25) is 9.59 Å². The molecule has 2 amide bonds. The molecule has 9 heteroatoms. The van der Waals surface area contributed by atoms with E-state index in [4.69, 9.17) is 0 Å². The molecule has 1 N–H and O–H groups in total. The molecule has 4 aliphatic carbocycles. The van der Waals surface area contributed by atoms with Crippen LogP contribution in [-0.4, -0.2) is 33.2 Å². The van der Waals surface area contributed by atoms with Crippen LogP contribution in [0, 0.1) is 28.6 Å². The van der Waals surface area contributed by atoms with Crippen LogP contribution in [0.15, 0.2) is 30.6 Å². The molecule has 2 heterocycles. The van der Waals surface area contributed by atoms with Crippen LogP contribution in [0.3, 0.4) is 0 Å². The van der Waals surface area contributed by atoms with E-state index in [1.807, 2.05) is 0 Å². The molecule has 4 bridgehead atoms. The molecule has 0 atom stereocenters. The van der Waals surface area contributed by atoms with E-state index in [9.17, 15) is 22.8 Å². The Balaban J connectivity index is 1.19. The summed E-state index contributed by atoms with van der Waals surface area (Å²) in [5.74, 6) is 2.18. The number of hydrogen-bond acceptors (Lipinski definition) is 4. The zero-order valence-electron chi connectivity index (χ0n) is 21.8. The number of carbonyl (C=O) groups is 2. The number of carbonyl (C=O) groups excluding carboxylic acids is 2. The van der Waals surface area contributed by atoms with Crippen LogP contribution in [0.4, 0.5) is 19.0 Å². The SMILES string of the molecule is CC(C)(C(=O)Nc1ncnc2c1CCN(C(=O)c1cccc(C(F)(F)F)c1)C2)C12CC3CC(CC(C3)C1)C2. The molecule has 4 fully saturated rings. The van der Waals surface area contributed by atoms with Crippen LogP contribution in [0.2, 0.25) is 0 Å². The third-order valence-electron chi connectivity index (χ3n) is 9.89. The third kappa shape index (κ3) is 4.18. The second kappa shape index (κ2) is 8.78. The van der Waals surface area contributed by atoms with Crippen molar-refractivity contribution < 1.29 is 22.8 Å². The standard InChI is InChI=1S/C29H33F3N4O2/c1-27(2,28-12-17-8-18(13-28)10-19(9-17)14-28)26(38)35-24-22-6-7-36(15-23(22)33-16-34-24)25(37)20-4-3-5-21(11-20)29(30,31)32/h3-5,11,16-19H,6-10,12-15H2,1-2H3,(H,33,34,35,38). The van der Waals surface area contributed by atoms with Crippen LogP contribution in [0.1, 0.15) is 79.6 Å². The third-order valence-corrected chi connectivity index (χ3v) is 9.89. The molecule has 4 saturated carbocycles. The lowest BCUT2D eigenvalue weighted by Gasteiger charge is -2.61. The Bertz CT molecular complexity index is 1250. The molecule has 7 rings (SSSR count). The van der Waals surface area contributed by atoms with Gasteiger partial charge in [-0.25, -0.2) is 9.97 Å². The highest BCUT2D eigenvalue weighted by Gasteiger charge is 2.59. The largest absolute Gasteiger partial charge is 0.416 e. The number of alkyl halides is 3. The Kier molecular flexibility index (Phi) is 5.85. The van der Waals surface area contributed by atoms with Gasteiger partial charge >= 0.3 is 6.18 Å². The van der Waals surface area contributed by atoms with Gasteiger partial charge in [0.2, 0.25) is 5.91 Å². The summed E-state index contributed by atoms with van der Waals surface area (Å²) in [6.07, 6.45) is 4.56. The molecule has 2 aromatic rings. The van der Waals surface area contributed by atoms with Crippen molar-refractivity contribution in [2.75, 3.05) is 11.9 Å². The zero-order valence-corrected chi connectivity index (χ0v) is 21.8. The molecule has 5 aliphatic rings. The topological polar surface area (TPSA) is 75.2 Å². The Morgan fingerprint density at radius 1 is 1.03 bits per heavy atom. The first kappa shape index (κ1) is 25.3. The average Bonchev–Trinajstić information content (AvgIpc) is 2.87. The number of rotatable bonds is 4. The van der Waals surface area contributed by atoms with Crippen LogP contribution in [-0.2, 0) is 23.9 Å². The summed E-state index contributed by atoms with van der Waals surface area (Å²) in [4.78, 5) is 37.0. The van der Waals surface area contributed by atoms with Crippen molar-refractivity contribution in [1.29, 1.82) is 0 Å². The second-order valence-electron chi connectivity index (χ2n) is 12.5. The molecule has 38 heavy (non-hydrogen) atoms. The maximum absolute atomic E-state index is 13.8. The zero-order chi connectivity index (χ0) is 26.9. The number of anilines is 1. The van der Waals surface area contributed by atoms with Gasteiger partial charge < -0.3 is 10.2 Å². The number of hydrogen-bond donors (Lipinski definition) is 1. The maximum Gasteiger partial charge on any atom is 0.416 e. The van der Waals surface area contributed by atoms with E-state index < -0.39 is 23.1 Å². The highest BCUT2D eigenvalue weighted by atomic mass is 19.4. The van der Waals surface area contributed by atoms with E-state index in [0.29, 0.717) is 24.5 Å². The van der Waals surface area contributed by atoms with Gasteiger partial charge in [-0.2, -0.15) is 13.2 Å². The minimum Gasteiger partial charge on any atom is -0.332 e. The average molecular weight is 527 g/mol. The van der Waals surface area contributed by atoms with Crippen molar-refractivity contribution >= 4 is 17.6 Å². The molecular formula is C29H33F3N4O2. The number of nitrogens with zero attached hydrogens (tertiary/aromatic N) is 3. The molecule has 0 spiro atoms. The monoisotopic (exact) mass is 526 g/mol. The van der Waals surface area contributed by atoms with E-state index in [2.05, 4.69) is 29.1 Å². The summed E-state index contributed by atoms with van der Waals surface area (Å²) >= 11 is 0. The smallest absolute Gasteiger partial charge is 0.332 e. The minimum atomic E-state index is -4.52. The Hall–Kier alpha value is -2.97. The van der Waals surface area contributed by atoms with E-state index in [-0.39, 0.29) is 23.4 Å². The first-order valence-corrected chi connectivity index (χ1v) is 13.6. The molecule has 6 nitrogen and oxygen atoms in total. The first-order valence-electron chi connectivity index (χ1n) is 13.6. The number of benzene rings is 1. The van der Waals surface area contributed by atoms with Gasteiger partial charge in [0.1, 0.15) is 12.1 Å². The summed E-state index contributed by atoms with van der Waals surface area (Å²) < 4.78 is 39.4. The summed E-state index contributed by atoms with van der Waals surface area (Å²) in [7, 11) is 0. The van der Waals surface area contributed by atoms with E-state index in [0.717, 1.165) is 54.7 Å². The van der Waals surface area contributed by atoms with Crippen molar-refractivity contribution in [3.05, 3.63) is 53.0 Å². The summed E-state index contributed by atoms with van der Waals surface area (Å²) in [6.45, 7) is 4.61. The van der Waals surface area contributed by atoms with E-state index in [1.165, 1.54) is 42.6 Å². The van der Waals surface area contributed by atoms with Crippen molar-refractivity contribution in [2.24, 2.45) is 28.6 Å². The van der Waals surface area contributed by atoms with Crippen LogP contribution in [0.25, 0.3) is 0 Å². The first-order chi connectivity index (χ1) is 17.9. The normalized spacial score (nSPS) is 28.2. The summed E-state index contributed by atoms with van der Waals surface area (Å²) in [6, 6.07) is 4.48. The molecular weight excluding hydrogens is 493 g/mol. The quantitative estimate of drug-likeness (QED) is 0.540. The number of aromatic nitrogens is 2. The van der Waals surface area contributed by atoms with Gasteiger partial charge in [-0.15, -0.1) is 0 Å². The van der Waals surface area contributed by atoms with Gasteiger partial charge in [-0.05, 0) is 86.3 Å². The second-order valence-corrected chi connectivity index (χ2v) is 12.5. The van der Waals surface area contributed by atoms with Crippen molar-refractivity contribution in [1.82, 2.24) is 14.9 Å². The fourth-order valence-electron chi connectivity index (χ4n) is 8.03. The highest BCUT2D eigenvalue weighted by Crippen LogP contribution is 2.66. The molecule has 0 unspecified atom stereocenters. The lowest BCUT2D eigenvalue weighted by Crippen LogP contribution is -2.56. The number of fused-ring (bicyclic) bond motifs is 1. The maximum atomic E-state index is 13.8. The Morgan fingerprint density at radius 3 is 2.32 bits per heavy atom. The Morgan fingerprint density at radius 2 is 1.68 bits per heavy atom. The highest BCUT2D eigenvalue weighted by molar-refractivity contribution is 5.96. The molecule has 1 aromatic carbocycles. The van der Waals surface area contributed by atoms with E-state index >= 15 is 0 Å². The van der Waals surface area contributed by atoms with Gasteiger partial charge in [0.05, 0.1) is 17.8 Å². The van der Waals surface area contributed by atoms with Gasteiger partial charge in [0, 0.05) is 23.1 Å². The van der Waals surface area contributed by atoms with Gasteiger partial charge in [-0.1, -0.05) is 19.9 Å². The fraction of sp³-hybridized carbons (Fsp3) is 0.586. The summed E-state index contributed by atoms with van der Waals surface area (Å²) in [5, 5.41) is 3.12. The molecule has 1 aromatic heterocycles. The minimum absolute atomic E-state index is 0.0109. The molecule has 0 radical (unpaired) electrons. The van der Waals surface area contributed by atoms with Crippen molar-refractivity contribution in [2.45, 2.75) is 71.5 Å². The molecule has 1 aliphatic heterocycles. The summed E-state index contributed by atoms with van der Waals surface area (Å²) in [5.41, 5.74) is 0.0105. The predicted octanol–water partition coefficient (Wildman–Crippen LogP) is 5.88. The number of amides is 2. The number of nitrogens with one attached hydrogen (secondary N) is 1. The van der Waals surface area contributed by atoms with Gasteiger partial charge in [0.25, 0.3) is 5.91 Å². The number of halogens is 3. The molecule has 0 saturated heterocycles. The Labute approximate surface area is 220 Å². The van der Waals surface area contributed by atoms with Gasteiger partial charge in [0.15, 0.2) is 0 Å². The van der Waals surface area contributed by atoms with Crippen LogP contribution in [0.5, 0.6) is 0 Å². The molecule has 202 valence electrons. The lowest BCUT2D eigenvalue weighted by atomic mass is 9.43.